The van der Waals surface area contributed by atoms with E-state index in [4.69, 9.17) is 5.73 Å². The Morgan fingerprint density at radius 3 is 2.27 bits per heavy atom. The van der Waals surface area contributed by atoms with Crippen molar-refractivity contribution in [2.45, 2.75) is 52.5 Å². The molecule has 1 saturated carbocycles. The first-order valence-corrected chi connectivity index (χ1v) is 5.88. The Morgan fingerprint density at radius 2 is 1.93 bits per heavy atom. The number of nitrogens with one attached hydrogen (secondary N) is 1. The second kappa shape index (κ2) is 4.12. The van der Waals surface area contributed by atoms with Crippen LogP contribution in [0.4, 0.5) is 0 Å². The first kappa shape index (κ1) is 12.5. The van der Waals surface area contributed by atoms with E-state index in [0.717, 1.165) is 6.42 Å². The van der Waals surface area contributed by atoms with Crippen LogP contribution in [-0.4, -0.2) is 18.0 Å². The molecule has 3 heteroatoms. The SMILES string of the molecule is CCC(C)(C)C(=O)NC(C)(CN)C1CC1. The van der Waals surface area contributed by atoms with Gasteiger partial charge in [-0.15, -0.1) is 0 Å². The number of hydrogen-bond acceptors (Lipinski definition) is 2. The topological polar surface area (TPSA) is 55.1 Å². The fourth-order valence-corrected chi connectivity index (χ4v) is 1.63. The van der Waals surface area contributed by atoms with Gasteiger partial charge in [0.1, 0.15) is 0 Å². The van der Waals surface area contributed by atoms with E-state index in [1.807, 2.05) is 20.8 Å². The van der Waals surface area contributed by atoms with Crippen LogP contribution in [0.15, 0.2) is 0 Å². The molecule has 0 aliphatic heterocycles. The van der Waals surface area contributed by atoms with Crippen molar-refractivity contribution in [1.82, 2.24) is 5.32 Å². The fourth-order valence-electron chi connectivity index (χ4n) is 1.63. The lowest BCUT2D eigenvalue weighted by molar-refractivity contribution is -0.131. The maximum atomic E-state index is 12.0. The van der Waals surface area contributed by atoms with Crippen LogP contribution in [0.2, 0.25) is 0 Å². The highest BCUT2D eigenvalue weighted by molar-refractivity contribution is 5.82. The molecule has 0 aromatic heterocycles. The molecule has 0 heterocycles. The van der Waals surface area contributed by atoms with Crippen molar-refractivity contribution in [3.8, 4) is 0 Å². The van der Waals surface area contributed by atoms with E-state index in [9.17, 15) is 4.79 Å². The van der Waals surface area contributed by atoms with Gasteiger partial charge < -0.3 is 11.1 Å². The smallest absolute Gasteiger partial charge is 0.226 e. The zero-order valence-electron chi connectivity index (χ0n) is 10.4. The summed E-state index contributed by atoms with van der Waals surface area (Å²) in [6.07, 6.45) is 3.24. The highest BCUT2D eigenvalue weighted by atomic mass is 16.2. The van der Waals surface area contributed by atoms with E-state index in [0.29, 0.717) is 12.5 Å². The third-order valence-electron chi connectivity index (χ3n) is 3.80. The van der Waals surface area contributed by atoms with Crippen molar-refractivity contribution >= 4 is 5.91 Å². The molecular weight excluding hydrogens is 188 g/mol. The molecule has 1 rings (SSSR count). The Balaban J connectivity index is 2.63. The van der Waals surface area contributed by atoms with E-state index in [2.05, 4.69) is 12.2 Å². The quantitative estimate of drug-likeness (QED) is 0.728. The second-order valence-corrected chi connectivity index (χ2v) is 5.59. The van der Waals surface area contributed by atoms with Gasteiger partial charge in [0.05, 0.1) is 5.54 Å². The van der Waals surface area contributed by atoms with Gasteiger partial charge in [-0.2, -0.15) is 0 Å². The molecule has 0 aromatic rings. The molecule has 1 amide bonds. The van der Waals surface area contributed by atoms with Crippen LogP contribution in [0.1, 0.15) is 47.0 Å². The van der Waals surface area contributed by atoms with Gasteiger partial charge in [-0.25, -0.2) is 0 Å². The summed E-state index contributed by atoms with van der Waals surface area (Å²) in [5.41, 5.74) is 5.29. The molecule has 1 aliphatic carbocycles. The number of rotatable bonds is 5. The van der Waals surface area contributed by atoms with Crippen molar-refractivity contribution in [1.29, 1.82) is 0 Å². The first-order valence-electron chi connectivity index (χ1n) is 5.88. The molecule has 1 fully saturated rings. The lowest BCUT2D eigenvalue weighted by atomic mass is 9.86. The van der Waals surface area contributed by atoms with Crippen LogP contribution >= 0.6 is 0 Å². The molecule has 0 aromatic carbocycles. The molecule has 1 unspecified atom stereocenters. The summed E-state index contributed by atoms with van der Waals surface area (Å²) in [5.74, 6) is 0.712. The minimum absolute atomic E-state index is 0.129. The van der Waals surface area contributed by atoms with Gasteiger partial charge in [0.2, 0.25) is 5.91 Å². The molecule has 15 heavy (non-hydrogen) atoms. The van der Waals surface area contributed by atoms with Gasteiger partial charge >= 0.3 is 0 Å². The number of amides is 1. The Morgan fingerprint density at radius 1 is 1.40 bits per heavy atom. The van der Waals surface area contributed by atoms with E-state index >= 15 is 0 Å². The average Bonchev–Trinajstić information content (AvgIpc) is 3.00. The zero-order valence-corrected chi connectivity index (χ0v) is 10.4. The molecule has 0 spiro atoms. The number of carbonyl (C=O) groups excluding carboxylic acids is 1. The zero-order chi connectivity index (χ0) is 11.7. The summed E-state index contributed by atoms with van der Waals surface area (Å²) in [7, 11) is 0. The van der Waals surface area contributed by atoms with Crippen LogP contribution in [0.5, 0.6) is 0 Å². The summed E-state index contributed by atoms with van der Waals surface area (Å²) in [6.45, 7) is 8.59. The highest BCUT2D eigenvalue weighted by Gasteiger charge is 2.43. The molecule has 1 atom stereocenters. The molecule has 0 bridgehead atoms. The summed E-state index contributed by atoms with van der Waals surface area (Å²) in [5, 5.41) is 3.13. The van der Waals surface area contributed by atoms with Crippen LogP contribution in [0.3, 0.4) is 0 Å². The van der Waals surface area contributed by atoms with Crippen molar-refractivity contribution < 1.29 is 4.79 Å². The minimum Gasteiger partial charge on any atom is -0.349 e. The maximum Gasteiger partial charge on any atom is 0.226 e. The molecule has 3 N–H and O–H groups in total. The van der Waals surface area contributed by atoms with Gasteiger partial charge in [-0.05, 0) is 32.1 Å². The van der Waals surface area contributed by atoms with Crippen molar-refractivity contribution in [3.63, 3.8) is 0 Å². The Kier molecular flexibility index (Phi) is 3.44. The van der Waals surface area contributed by atoms with E-state index in [1.54, 1.807) is 0 Å². The standard InChI is InChI=1S/C12H24N2O/c1-5-11(2,3)10(15)14-12(4,8-13)9-6-7-9/h9H,5-8,13H2,1-4H3,(H,14,15). The Labute approximate surface area is 92.8 Å². The number of nitrogens with two attached hydrogens (primary N) is 1. The second-order valence-electron chi connectivity index (χ2n) is 5.59. The lowest BCUT2D eigenvalue weighted by Gasteiger charge is -2.33. The predicted octanol–water partition coefficient (Wildman–Crippen LogP) is 1.67. The van der Waals surface area contributed by atoms with Gasteiger partial charge in [-0.3, -0.25) is 4.79 Å². The Hall–Kier alpha value is -0.570. The van der Waals surface area contributed by atoms with Crippen molar-refractivity contribution in [3.05, 3.63) is 0 Å². The van der Waals surface area contributed by atoms with Crippen LogP contribution < -0.4 is 11.1 Å². The van der Waals surface area contributed by atoms with Gasteiger partial charge in [0.15, 0.2) is 0 Å². The average molecular weight is 212 g/mol. The molecule has 1 aliphatic rings. The summed E-state index contributed by atoms with van der Waals surface area (Å²) < 4.78 is 0. The largest absolute Gasteiger partial charge is 0.349 e. The predicted molar refractivity (Wildman–Crippen MR) is 62.4 cm³/mol. The minimum atomic E-state index is -0.286. The molecule has 0 radical (unpaired) electrons. The highest BCUT2D eigenvalue weighted by Crippen LogP contribution is 2.39. The molecular formula is C12H24N2O. The van der Waals surface area contributed by atoms with Crippen LogP contribution in [-0.2, 0) is 4.79 Å². The first-order chi connectivity index (χ1) is 6.85. The van der Waals surface area contributed by atoms with E-state index in [-0.39, 0.29) is 16.9 Å². The lowest BCUT2D eigenvalue weighted by Crippen LogP contribution is -2.56. The molecule has 0 saturated heterocycles. The number of hydrogen-bond donors (Lipinski definition) is 2. The van der Waals surface area contributed by atoms with Gasteiger partial charge in [-0.1, -0.05) is 20.8 Å². The van der Waals surface area contributed by atoms with Crippen LogP contribution in [0.25, 0.3) is 0 Å². The van der Waals surface area contributed by atoms with Crippen LogP contribution in [0, 0.1) is 11.3 Å². The molecule has 3 nitrogen and oxygen atoms in total. The monoisotopic (exact) mass is 212 g/mol. The third-order valence-corrected chi connectivity index (χ3v) is 3.80. The third kappa shape index (κ3) is 2.71. The summed E-state index contributed by atoms with van der Waals surface area (Å²) in [4.78, 5) is 12.0. The fraction of sp³-hybridized carbons (Fsp3) is 0.917. The molecule has 88 valence electrons. The van der Waals surface area contributed by atoms with Crippen molar-refractivity contribution in [2.75, 3.05) is 6.54 Å². The van der Waals surface area contributed by atoms with Gasteiger partial charge in [0, 0.05) is 12.0 Å². The maximum absolute atomic E-state index is 12.0. The van der Waals surface area contributed by atoms with Crippen molar-refractivity contribution in [2.24, 2.45) is 17.1 Å². The normalized spacial score (nSPS) is 20.9. The van der Waals surface area contributed by atoms with E-state index in [1.165, 1.54) is 12.8 Å². The number of carbonyl (C=O) groups is 1. The summed E-state index contributed by atoms with van der Waals surface area (Å²) in [6, 6.07) is 0. The summed E-state index contributed by atoms with van der Waals surface area (Å²) >= 11 is 0. The van der Waals surface area contributed by atoms with E-state index < -0.39 is 0 Å². The Bertz CT molecular complexity index is 246. The van der Waals surface area contributed by atoms with Gasteiger partial charge in [0.25, 0.3) is 0 Å².